The Morgan fingerprint density at radius 1 is 1.62 bits per heavy atom. The molecule has 0 spiro atoms. The molecular weight excluding hydrogens is 212 g/mol. The van der Waals surface area contributed by atoms with Crippen LogP contribution in [0.5, 0.6) is 0 Å². The van der Waals surface area contributed by atoms with Crippen molar-refractivity contribution in [3.05, 3.63) is 0 Å². The van der Waals surface area contributed by atoms with Gasteiger partial charge in [0.25, 0.3) is 0 Å². The molecule has 0 aliphatic heterocycles. The molecule has 0 N–H and O–H groups in total. The first-order valence-electron chi connectivity index (χ1n) is 2.42. The molecule has 0 aromatic heterocycles. The van der Waals surface area contributed by atoms with Gasteiger partial charge in [-0.05, 0) is 0 Å². The second-order valence-corrected chi connectivity index (χ2v) is 12.6. The molecule has 1 unspecified atom stereocenters. The molecule has 2 nitrogen and oxygen atoms in total. The van der Waals surface area contributed by atoms with Gasteiger partial charge in [0.1, 0.15) is 0 Å². The summed E-state index contributed by atoms with van der Waals surface area (Å²) in [5.41, 5.74) is 0. The van der Waals surface area contributed by atoms with Gasteiger partial charge in [0, 0.05) is 0 Å². The van der Waals surface area contributed by atoms with Crippen molar-refractivity contribution in [2.75, 3.05) is 0 Å². The predicted molar refractivity (Wildman–Crippen MR) is 33.2 cm³/mol. The van der Waals surface area contributed by atoms with Crippen LogP contribution in [0.15, 0.2) is 0 Å². The van der Waals surface area contributed by atoms with E-state index in [0.717, 1.165) is 0 Å². The fraction of sp³-hybridized carbons (Fsp3) is 0.800. The summed E-state index contributed by atoms with van der Waals surface area (Å²) < 4.78 is 10.8. The molecule has 0 aliphatic rings. The minimum atomic E-state index is -2.93. The molecule has 0 saturated carbocycles. The quantitative estimate of drug-likeness (QED) is 0.631. The molecule has 0 bridgehead atoms. The van der Waals surface area contributed by atoms with Gasteiger partial charge < -0.3 is 0 Å². The standard InChI is InChI=1S/C3H4N.2CH3.O.Sb/c1-2-3-4;;;;/h2H,1H3;2*1H3;;. The maximum absolute atomic E-state index is 11.0. The molecule has 0 rings (SSSR count). The van der Waals surface area contributed by atoms with Crippen molar-refractivity contribution < 1.29 is 3.02 Å². The Hall–Kier alpha value is 0.108. The molecular formula is C5H10NOSb. The maximum atomic E-state index is 11.0. The van der Waals surface area contributed by atoms with Gasteiger partial charge in [-0.2, -0.15) is 0 Å². The summed E-state index contributed by atoms with van der Waals surface area (Å²) in [6, 6.07) is 1.98. The molecule has 1 atom stereocenters. The van der Waals surface area contributed by atoms with E-state index < -0.39 is 18.8 Å². The molecule has 0 aliphatic carbocycles. The molecule has 46 valence electrons. The monoisotopic (exact) mass is 221 g/mol. The number of nitriles is 1. The zero-order valence-electron chi connectivity index (χ0n) is 5.38. The second kappa shape index (κ2) is 2.60. The Bertz CT molecular complexity index is 152. The first-order valence-corrected chi connectivity index (χ1v) is 10.0. The third kappa shape index (κ3) is 2.42. The van der Waals surface area contributed by atoms with Gasteiger partial charge in [0.05, 0.1) is 0 Å². The Labute approximate surface area is 53.9 Å². The van der Waals surface area contributed by atoms with Gasteiger partial charge in [-0.3, -0.25) is 0 Å². The molecule has 0 saturated heterocycles. The zero-order chi connectivity index (χ0) is 6.78. The fourth-order valence-electron chi connectivity index (χ4n) is 0.139. The van der Waals surface area contributed by atoms with Gasteiger partial charge in [-0.15, -0.1) is 0 Å². The van der Waals surface area contributed by atoms with Crippen molar-refractivity contribution in [1.29, 1.82) is 5.26 Å². The number of nitrogens with zero attached hydrogens (tertiary/aromatic N) is 1. The van der Waals surface area contributed by atoms with E-state index in [2.05, 4.69) is 0 Å². The van der Waals surface area contributed by atoms with E-state index in [1.165, 1.54) is 0 Å². The van der Waals surface area contributed by atoms with Crippen molar-refractivity contribution in [3.8, 4) is 6.07 Å². The minimum absolute atomic E-state index is 0.200. The summed E-state index contributed by atoms with van der Waals surface area (Å²) in [4.78, 5) is 3.43. The molecule has 0 fully saturated rings. The molecule has 0 heterocycles. The van der Waals surface area contributed by atoms with Crippen LogP contribution in [0.25, 0.3) is 0 Å². The molecule has 3 heteroatoms. The summed E-state index contributed by atoms with van der Waals surface area (Å²) in [5.74, 6) is 0. The van der Waals surface area contributed by atoms with Crippen molar-refractivity contribution in [3.63, 3.8) is 0 Å². The van der Waals surface area contributed by atoms with Crippen molar-refractivity contribution in [1.82, 2.24) is 0 Å². The molecule has 0 radical (unpaired) electrons. The van der Waals surface area contributed by atoms with E-state index in [1.54, 1.807) is 16.7 Å². The topological polar surface area (TPSA) is 40.9 Å². The van der Waals surface area contributed by atoms with Crippen molar-refractivity contribution in [2.24, 2.45) is 0 Å². The van der Waals surface area contributed by atoms with E-state index in [-0.39, 0.29) is 3.86 Å². The number of hydrogen-bond donors (Lipinski definition) is 0. The van der Waals surface area contributed by atoms with Crippen LogP contribution < -0.4 is 0 Å². The van der Waals surface area contributed by atoms with E-state index in [9.17, 15) is 3.02 Å². The average Bonchev–Trinajstić information content (AvgIpc) is 1.62. The second-order valence-electron chi connectivity index (χ2n) is 2.24. The van der Waals surface area contributed by atoms with Crippen LogP contribution in [0.1, 0.15) is 6.92 Å². The average molecular weight is 222 g/mol. The van der Waals surface area contributed by atoms with E-state index in [4.69, 9.17) is 5.26 Å². The van der Waals surface area contributed by atoms with Crippen LogP contribution in [0.4, 0.5) is 0 Å². The van der Waals surface area contributed by atoms with Crippen LogP contribution >= 0.6 is 0 Å². The van der Waals surface area contributed by atoms with Crippen LogP contribution in [0.3, 0.4) is 0 Å². The normalized spacial score (nSPS) is 14.8. The SMILES string of the molecule is C[CH](C#N)[Sb]([CH3])([CH3])=[O]. The van der Waals surface area contributed by atoms with Crippen LogP contribution in [0, 0.1) is 11.3 Å². The van der Waals surface area contributed by atoms with Gasteiger partial charge in [0.2, 0.25) is 0 Å². The van der Waals surface area contributed by atoms with Gasteiger partial charge in [-0.25, -0.2) is 0 Å². The van der Waals surface area contributed by atoms with Crippen molar-refractivity contribution >= 4 is 18.8 Å². The number of rotatable bonds is 1. The van der Waals surface area contributed by atoms with Crippen LogP contribution in [-0.2, 0) is 3.02 Å². The molecule has 0 aromatic carbocycles. The fourth-order valence-corrected chi connectivity index (χ4v) is 0.933. The third-order valence-electron chi connectivity index (χ3n) is 1.12. The Morgan fingerprint density at radius 3 is 2.00 bits per heavy atom. The first-order chi connectivity index (χ1) is 3.48. The van der Waals surface area contributed by atoms with E-state index in [1.807, 2.05) is 6.07 Å². The van der Waals surface area contributed by atoms with E-state index in [0.29, 0.717) is 0 Å². The zero-order valence-corrected chi connectivity index (χ0v) is 7.93. The third-order valence-corrected chi connectivity index (χ3v) is 6.77. The van der Waals surface area contributed by atoms with Gasteiger partial charge in [-0.1, -0.05) is 0 Å². The number of hydrogen-bond acceptors (Lipinski definition) is 2. The summed E-state index contributed by atoms with van der Waals surface area (Å²) in [6.07, 6.45) is 0. The summed E-state index contributed by atoms with van der Waals surface area (Å²) in [5, 5.41) is 8.27. The summed E-state index contributed by atoms with van der Waals surface area (Å²) >= 11 is -2.93. The van der Waals surface area contributed by atoms with Crippen LogP contribution in [0.2, 0.25) is 13.6 Å². The predicted octanol–water partition coefficient (Wildman–Crippen LogP) is 1.54. The van der Waals surface area contributed by atoms with Crippen molar-refractivity contribution in [2.45, 2.75) is 20.5 Å². The molecule has 8 heavy (non-hydrogen) atoms. The molecule has 0 amide bonds. The summed E-state index contributed by atoms with van der Waals surface area (Å²) in [6.45, 7) is 1.72. The Kier molecular flexibility index (Phi) is 2.63. The summed E-state index contributed by atoms with van der Waals surface area (Å²) in [7, 11) is 0. The van der Waals surface area contributed by atoms with E-state index >= 15 is 0 Å². The molecule has 0 aromatic rings. The van der Waals surface area contributed by atoms with Gasteiger partial charge in [0.15, 0.2) is 0 Å². The first kappa shape index (κ1) is 8.11. The van der Waals surface area contributed by atoms with Gasteiger partial charge >= 0.3 is 53.7 Å². The Morgan fingerprint density at radius 2 is 2.00 bits per heavy atom. The van der Waals surface area contributed by atoms with Crippen LogP contribution in [-0.4, -0.2) is 18.8 Å². The Balaban J connectivity index is 4.09.